The molecule has 0 saturated heterocycles. The van der Waals surface area contributed by atoms with Crippen LogP contribution < -0.4 is 5.32 Å². The normalized spacial score (nSPS) is 14.9. The van der Waals surface area contributed by atoms with Gasteiger partial charge in [0.2, 0.25) is 5.91 Å². The summed E-state index contributed by atoms with van der Waals surface area (Å²) in [4.78, 5) is 12.5. The molecule has 1 atom stereocenters. The molecule has 1 amide bonds. The molecule has 0 radical (unpaired) electrons. The van der Waals surface area contributed by atoms with Crippen molar-refractivity contribution >= 4 is 23.5 Å². The van der Waals surface area contributed by atoms with Gasteiger partial charge in [0.25, 0.3) is 0 Å². The number of amides is 1. The summed E-state index contributed by atoms with van der Waals surface area (Å²) >= 11 is 1.41. The van der Waals surface area contributed by atoms with Gasteiger partial charge in [0.1, 0.15) is 11.6 Å². The highest BCUT2D eigenvalue weighted by Gasteiger charge is 2.31. The topological polar surface area (TPSA) is 85.8 Å². The molecule has 4 rings (SSSR count). The van der Waals surface area contributed by atoms with Crippen LogP contribution in [0.15, 0.2) is 46.1 Å². The molecule has 27 heavy (non-hydrogen) atoms. The fourth-order valence-electron chi connectivity index (χ4n) is 2.81. The van der Waals surface area contributed by atoms with E-state index in [1.54, 1.807) is 13.0 Å². The van der Waals surface area contributed by atoms with Gasteiger partial charge in [0, 0.05) is 12.0 Å². The van der Waals surface area contributed by atoms with Gasteiger partial charge in [-0.25, -0.2) is 0 Å². The lowest BCUT2D eigenvalue weighted by Gasteiger charge is -2.13. The largest absolute Gasteiger partial charge is 0.360 e. The molecule has 8 heteroatoms. The Kier molecular flexibility index (Phi) is 4.98. The molecule has 2 heterocycles. The molecular weight excluding hydrogens is 362 g/mol. The molecule has 1 fully saturated rings. The zero-order valence-corrected chi connectivity index (χ0v) is 16.1. The number of anilines is 1. The van der Waals surface area contributed by atoms with Crippen LogP contribution in [0.2, 0.25) is 0 Å². The van der Waals surface area contributed by atoms with Gasteiger partial charge >= 0.3 is 0 Å². The highest BCUT2D eigenvalue weighted by Crippen LogP contribution is 2.40. The lowest BCUT2D eigenvalue weighted by Crippen LogP contribution is -2.23. The summed E-state index contributed by atoms with van der Waals surface area (Å²) in [6.07, 6.45) is 2.30. The molecule has 0 unspecified atom stereocenters. The number of thioether (sulfide) groups is 1. The lowest BCUT2D eigenvalue weighted by molar-refractivity contribution is -0.115. The van der Waals surface area contributed by atoms with E-state index in [-0.39, 0.29) is 11.2 Å². The van der Waals surface area contributed by atoms with E-state index in [0.717, 1.165) is 23.8 Å². The predicted molar refractivity (Wildman–Crippen MR) is 103 cm³/mol. The number of carbonyl (C=O) groups is 1. The molecule has 1 saturated carbocycles. The summed E-state index contributed by atoms with van der Waals surface area (Å²) in [6, 6.07) is 11.9. The first-order chi connectivity index (χ1) is 13.1. The molecule has 2 aromatic heterocycles. The van der Waals surface area contributed by atoms with Crippen molar-refractivity contribution < 1.29 is 9.32 Å². The zero-order chi connectivity index (χ0) is 18.8. The number of nitrogens with one attached hydrogen (secondary N) is 1. The summed E-state index contributed by atoms with van der Waals surface area (Å²) in [5, 5.41) is 15.8. The smallest absolute Gasteiger partial charge is 0.238 e. The SMILES string of the molecule is Cc1cc(NC(=O)[C@H](C)Sc2nnc(C3CC3)n2Cc2ccccc2)no1. The van der Waals surface area contributed by atoms with E-state index in [1.807, 2.05) is 25.1 Å². The van der Waals surface area contributed by atoms with Crippen molar-refractivity contribution in [1.82, 2.24) is 19.9 Å². The summed E-state index contributed by atoms with van der Waals surface area (Å²) < 4.78 is 7.13. The zero-order valence-electron chi connectivity index (χ0n) is 15.3. The van der Waals surface area contributed by atoms with E-state index in [9.17, 15) is 4.79 Å². The second-order valence-corrected chi connectivity index (χ2v) is 8.07. The highest BCUT2D eigenvalue weighted by atomic mass is 32.2. The third kappa shape index (κ3) is 4.21. The van der Waals surface area contributed by atoms with E-state index in [4.69, 9.17) is 4.52 Å². The molecule has 1 aromatic carbocycles. The maximum absolute atomic E-state index is 12.5. The Morgan fingerprint density at radius 3 is 2.78 bits per heavy atom. The number of hydrogen-bond donors (Lipinski definition) is 1. The maximum Gasteiger partial charge on any atom is 0.238 e. The van der Waals surface area contributed by atoms with Crippen LogP contribution in [0.1, 0.15) is 42.8 Å². The van der Waals surface area contributed by atoms with Crippen LogP contribution >= 0.6 is 11.8 Å². The van der Waals surface area contributed by atoms with E-state index in [2.05, 4.69) is 37.4 Å². The van der Waals surface area contributed by atoms with Crippen molar-refractivity contribution in [3.05, 3.63) is 53.5 Å². The highest BCUT2D eigenvalue weighted by molar-refractivity contribution is 8.00. The summed E-state index contributed by atoms with van der Waals surface area (Å²) in [5.41, 5.74) is 1.19. The molecule has 3 aromatic rings. The van der Waals surface area contributed by atoms with Crippen LogP contribution in [0.4, 0.5) is 5.82 Å². The van der Waals surface area contributed by atoms with Crippen LogP contribution in [-0.4, -0.2) is 31.1 Å². The third-order valence-electron chi connectivity index (χ3n) is 4.40. The van der Waals surface area contributed by atoms with Gasteiger partial charge < -0.3 is 14.4 Å². The number of rotatable bonds is 7. The average molecular weight is 383 g/mol. The number of hydrogen-bond acceptors (Lipinski definition) is 6. The van der Waals surface area contributed by atoms with Gasteiger partial charge in [-0.3, -0.25) is 4.79 Å². The Morgan fingerprint density at radius 2 is 2.11 bits per heavy atom. The van der Waals surface area contributed by atoms with Crippen LogP contribution in [-0.2, 0) is 11.3 Å². The van der Waals surface area contributed by atoms with Crippen molar-refractivity contribution in [2.75, 3.05) is 5.32 Å². The van der Waals surface area contributed by atoms with Gasteiger partial charge in [-0.1, -0.05) is 47.3 Å². The van der Waals surface area contributed by atoms with E-state index < -0.39 is 0 Å². The Hall–Kier alpha value is -2.61. The Morgan fingerprint density at radius 1 is 1.33 bits per heavy atom. The Bertz CT molecular complexity index is 933. The van der Waals surface area contributed by atoms with E-state index >= 15 is 0 Å². The fourth-order valence-corrected chi connectivity index (χ4v) is 3.67. The van der Waals surface area contributed by atoms with E-state index in [0.29, 0.717) is 24.0 Å². The lowest BCUT2D eigenvalue weighted by atomic mass is 10.2. The van der Waals surface area contributed by atoms with Gasteiger partial charge in [0.15, 0.2) is 11.0 Å². The predicted octanol–water partition coefficient (Wildman–Crippen LogP) is 3.62. The summed E-state index contributed by atoms with van der Waals surface area (Å²) in [5.74, 6) is 2.44. The first-order valence-corrected chi connectivity index (χ1v) is 9.86. The number of nitrogens with zero attached hydrogens (tertiary/aromatic N) is 4. The van der Waals surface area contributed by atoms with Crippen LogP contribution in [0.25, 0.3) is 0 Å². The van der Waals surface area contributed by atoms with Gasteiger partial charge in [0.05, 0.1) is 11.8 Å². The summed E-state index contributed by atoms with van der Waals surface area (Å²) in [7, 11) is 0. The van der Waals surface area contributed by atoms with Gasteiger partial charge in [-0.2, -0.15) is 0 Å². The third-order valence-corrected chi connectivity index (χ3v) is 5.48. The minimum atomic E-state index is -0.340. The quantitative estimate of drug-likeness (QED) is 0.627. The molecule has 140 valence electrons. The van der Waals surface area contributed by atoms with Crippen molar-refractivity contribution in [2.24, 2.45) is 0 Å². The summed E-state index contributed by atoms with van der Waals surface area (Å²) in [6.45, 7) is 4.34. The molecule has 0 aliphatic heterocycles. The van der Waals surface area contributed by atoms with E-state index in [1.165, 1.54) is 17.3 Å². The molecule has 1 aliphatic rings. The van der Waals surface area contributed by atoms with Crippen molar-refractivity contribution in [3.63, 3.8) is 0 Å². The molecule has 0 bridgehead atoms. The van der Waals surface area contributed by atoms with Gasteiger partial charge in [-0.05, 0) is 32.3 Å². The standard InChI is InChI=1S/C19H21N5O2S/c1-12-10-16(23-26-12)20-18(25)13(2)27-19-22-21-17(15-8-9-15)24(19)11-14-6-4-3-5-7-14/h3-7,10,13,15H,8-9,11H2,1-2H3,(H,20,23,25)/t13-/m0/s1. The number of aromatic nitrogens is 4. The number of benzene rings is 1. The van der Waals surface area contributed by atoms with Crippen molar-refractivity contribution in [2.45, 2.75) is 49.6 Å². The Labute approximate surface area is 161 Å². The molecule has 7 nitrogen and oxygen atoms in total. The van der Waals surface area contributed by atoms with Crippen molar-refractivity contribution in [1.29, 1.82) is 0 Å². The minimum absolute atomic E-state index is 0.143. The Balaban J connectivity index is 1.50. The molecule has 1 N–H and O–H groups in total. The first-order valence-electron chi connectivity index (χ1n) is 8.98. The maximum atomic E-state index is 12.5. The second kappa shape index (κ2) is 7.56. The number of carbonyl (C=O) groups excluding carboxylic acids is 1. The van der Waals surface area contributed by atoms with Crippen molar-refractivity contribution in [3.8, 4) is 0 Å². The molecule has 0 spiro atoms. The monoisotopic (exact) mass is 383 g/mol. The minimum Gasteiger partial charge on any atom is -0.360 e. The average Bonchev–Trinajstić information content (AvgIpc) is 3.32. The second-order valence-electron chi connectivity index (χ2n) is 6.76. The first kappa shape index (κ1) is 17.8. The molecule has 1 aliphatic carbocycles. The van der Waals surface area contributed by atoms with Crippen LogP contribution in [0.3, 0.4) is 0 Å². The van der Waals surface area contributed by atoms with Crippen LogP contribution in [0, 0.1) is 6.92 Å². The number of aryl methyl sites for hydroxylation is 1. The fraction of sp³-hybridized carbons (Fsp3) is 0.368. The molecular formula is C19H21N5O2S. The van der Waals surface area contributed by atoms with Gasteiger partial charge in [-0.15, -0.1) is 10.2 Å². The van der Waals surface area contributed by atoms with Crippen LogP contribution in [0.5, 0.6) is 0 Å².